The first-order valence-electron chi connectivity index (χ1n) is 9.77. The molecular weight excluding hydrogens is 407 g/mol. The van der Waals surface area contributed by atoms with Crippen LogP contribution in [-0.4, -0.2) is 36.6 Å². The van der Waals surface area contributed by atoms with Crippen LogP contribution in [0.15, 0.2) is 69.8 Å². The number of nitrogens with zero attached hydrogens (tertiary/aromatic N) is 3. The number of rotatable bonds is 3. The summed E-state index contributed by atoms with van der Waals surface area (Å²) in [6, 6.07) is 11.6. The summed E-state index contributed by atoms with van der Waals surface area (Å²) in [6.07, 6.45) is 5.02. The molecule has 6 nitrogen and oxygen atoms in total. The van der Waals surface area contributed by atoms with Crippen molar-refractivity contribution in [1.29, 1.82) is 0 Å². The van der Waals surface area contributed by atoms with E-state index >= 15 is 0 Å². The molecule has 152 valence electrons. The minimum Gasteiger partial charge on any atom is -0.464 e. The van der Waals surface area contributed by atoms with E-state index < -0.39 is 11.5 Å². The van der Waals surface area contributed by atoms with Gasteiger partial charge in [0.05, 0.1) is 12.2 Å². The summed E-state index contributed by atoms with van der Waals surface area (Å²) in [4.78, 5) is 24.8. The number of nitrogens with two attached hydrogens (primary N) is 1. The lowest BCUT2D eigenvalue weighted by Gasteiger charge is -2.40. The second-order valence-electron chi connectivity index (χ2n) is 7.87. The van der Waals surface area contributed by atoms with Crippen molar-refractivity contribution in [2.75, 3.05) is 7.05 Å². The molecule has 5 rings (SSSR count). The van der Waals surface area contributed by atoms with E-state index in [-0.39, 0.29) is 11.9 Å². The molecule has 0 unspecified atom stereocenters. The third-order valence-corrected chi connectivity index (χ3v) is 6.99. The molecule has 8 heteroatoms. The number of likely N-dealkylation sites (N-methyl/N-ethyl adjacent to an activating group) is 1. The lowest BCUT2D eigenvalue weighted by atomic mass is 9.77. The first-order chi connectivity index (χ1) is 14.9. The van der Waals surface area contributed by atoms with Crippen molar-refractivity contribution in [3.63, 3.8) is 0 Å². The number of furan rings is 1. The van der Waals surface area contributed by atoms with Gasteiger partial charge in [0, 0.05) is 35.3 Å². The number of carbonyl (C=O) groups excluding carboxylic acids is 1. The number of guanidine groups is 1. The molecule has 1 aliphatic rings. The molecule has 0 fully saturated rings. The van der Waals surface area contributed by atoms with Gasteiger partial charge in [-0.2, -0.15) is 0 Å². The number of hydrogen-bond acceptors (Lipinski definition) is 6. The quantitative estimate of drug-likeness (QED) is 0.510. The molecular formula is C23H19BN4O2S. The molecule has 4 heterocycles. The normalized spacial score (nSPS) is 21.5. The molecule has 31 heavy (non-hydrogen) atoms. The van der Waals surface area contributed by atoms with Gasteiger partial charge in [0.2, 0.25) is 5.91 Å². The Balaban J connectivity index is 1.65. The Morgan fingerprint density at radius 1 is 1.19 bits per heavy atom. The van der Waals surface area contributed by atoms with Gasteiger partial charge in [-0.3, -0.25) is 14.7 Å². The number of thiophene rings is 1. The molecule has 4 aromatic rings. The van der Waals surface area contributed by atoms with Crippen molar-refractivity contribution in [2.24, 2.45) is 10.7 Å². The summed E-state index contributed by atoms with van der Waals surface area (Å²) in [5.41, 5.74) is 9.32. The minimum atomic E-state index is -0.870. The number of benzene rings is 1. The van der Waals surface area contributed by atoms with Crippen LogP contribution in [0.5, 0.6) is 0 Å². The smallest absolute Gasteiger partial charge is 0.239 e. The number of fused-ring (bicyclic) bond motifs is 1. The molecule has 2 N–H and O–H groups in total. The van der Waals surface area contributed by atoms with Gasteiger partial charge in [0.1, 0.15) is 19.0 Å². The zero-order valence-electron chi connectivity index (χ0n) is 17.1. The number of aliphatic imine (C=N–C) groups is 1. The zero-order valence-corrected chi connectivity index (χ0v) is 17.9. The van der Waals surface area contributed by atoms with E-state index in [0.717, 1.165) is 32.5 Å². The van der Waals surface area contributed by atoms with E-state index in [1.807, 2.05) is 48.7 Å². The van der Waals surface area contributed by atoms with Crippen LogP contribution in [0.1, 0.15) is 23.3 Å². The number of aromatic nitrogens is 1. The summed E-state index contributed by atoms with van der Waals surface area (Å²) >= 11 is 1.54. The third kappa shape index (κ3) is 3.14. The Kier molecular flexibility index (Phi) is 4.48. The molecule has 0 saturated heterocycles. The van der Waals surface area contributed by atoms with Crippen molar-refractivity contribution in [2.45, 2.75) is 18.4 Å². The number of hydrogen-bond donors (Lipinski definition) is 1. The van der Waals surface area contributed by atoms with E-state index in [2.05, 4.69) is 4.98 Å². The molecule has 0 aliphatic carbocycles. The maximum absolute atomic E-state index is 13.4. The van der Waals surface area contributed by atoms with Gasteiger partial charge in [0.15, 0.2) is 5.96 Å². The molecule has 2 radical (unpaired) electrons. The SMILES string of the molecule is [B]c1cncc(-c2csc([C@@]3(C)N=C(N)N(C)C(=O)[C@H]3c3ccc4ccoc4c3)c2)c1. The number of amides is 1. The number of pyridine rings is 1. The van der Waals surface area contributed by atoms with E-state index in [0.29, 0.717) is 5.46 Å². The van der Waals surface area contributed by atoms with Gasteiger partial charge < -0.3 is 10.2 Å². The van der Waals surface area contributed by atoms with Crippen molar-refractivity contribution in [1.82, 2.24) is 9.88 Å². The summed E-state index contributed by atoms with van der Waals surface area (Å²) in [6.45, 7) is 1.95. The Morgan fingerprint density at radius 2 is 2.03 bits per heavy atom. The first kappa shape index (κ1) is 19.6. The van der Waals surface area contributed by atoms with Gasteiger partial charge in [-0.15, -0.1) is 11.3 Å². The molecule has 0 bridgehead atoms. The van der Waals surface area contributed by atoms with E-state index in [1.165, 1.54) is 16.2 Å². The lowest BCUT2D eigenvalue weighted by Crippen LogP contribution is -2.52. The Bertz CT molecular complexity index is 1340. The second kappa shape index (κ2) is 7.09. The second-order valence-corrected chi connectivity index (χ2v) is 8.78. The molecule has 0 spiro atoms. The Morgan fingerprint density at radius 3 is 2.84 bits per heavy atom. The van der Waals surface area contributed by atoms with E-state index in [4.69, 9.17) is 23.0 Å². The topological polar surface area (TPSA) is 84.7 Å². The maximum Gasteiger partial charge on any atom is 0.239 e. The highest BCUT2D eigenvalue weighted by Crippen LogP contribution is 2.47. The minimum absolute atomic E-state index is 0.110. The Hall–Kier alpha value is -3.39. The van der Waals surface area contributed by atoms with Gasteiger partial charge in [-0.1, -0.05) is 23.7 Å². The van der Waals surface area contributed by atoms with Crippen LogP contribution in [0.3, 0.4) is 0 Å². The largest absolute Gasteiger partial charge is 0.464 e. The van der Waals surface area contributed by atoms with Gasteiger partial charge in [-0.05, 0) is 41.6 Å². The van der Waals surface area contributed by atoms with Crippen LogP contribution in [0.2, 0.25) is 0 Å². The predicted molar refractivity (Wildman–Crippen MR) is 124 cm³/mol. The van der Waals surface area contributed by atoms with E-state index in [9.17, 15) is 4.79 Å². The molecule has 1 amide bonds. The van der Waals surface area contributed by atoms with Gasteiger partial charge in [0.25, 0.3) is 0 Å². The van der Waals surface area contributed by atoms with Crippen LogP contribution < -0.4 is 11.2 Å². The van der Waals surface area contributed by atoms with Gasteiger partial charge in [-0.25, -0.2) is 4.99 Å². The van der Waals surface area contributed by atoms with Crippen molar-refractivity contribution < 1.29 is 9.21 Å². The third-order valence-electron chi connectivity index (χ3n) is 5.83. The van der Waals surface area contributed by atoms with Crippen molar-refractivity contribution in [3.05, 3.63) is 70.9 Å². The summed E-state index contributed by atoms with van der Waals surface area (Å²) in [5.74, 6) is -0.463. The van der Waals surface area contributed by atoms with E-state index in [1.54, 1.807) is 25.7 Å². The summed E-state index contributed by atoms with van der Waals surface area (Å²) < 4.78 is 5.58. The molecule has 3 aromatic heterocycles. The molecule has 2 atom stereocenters. The van der Waals surface area contributed by atoms with Crippen LogP contribution in [0, 0.1) is 0 Å². The predicted octanol–water partition coefficient (Wildman–Crippen LogP) is 3.14. The van der Waals surface area contributed by atoms with Crippen LogP contribution in [0.25, 0.3) is 22.1 Å². The number of carbonyl (C=O) groups is 1. The van der Waals surface area contributed by atoms with Crippen LogP contribution in [0.4, 0.5) is 0 Å². The average Bonchev–Trinajstić information content (AvgIpc) is 3.42. The highest BCUT2D eigenvalue weighted by molar-refractivity contribution is 7.10. The first-order valence-corrected chi connectivity index (χ1v) is 10.6. The van der Waals surface area contributed by atoms with Gasteiger partial charge >= 0.3 is 0 Å². The zero-order chi connectivity index (χ0) is 21.8. The van der Waals surface area contributed by atoms with Crippen LogP contribution in [-0.2, 0) is 10.3 Å². The van der Waals surface area contributed by atoms with Crippen molar-refractivity contribution in [3.8, 4) is 11.1 Å². The fourth-order valence-corrected chi connectivity index (χ4v) is 5.16. The Labute approximate surface area is 184 Å². The maximum atomic E-state index is 13.4. The van der Waals surface area contributed by atoms with Crippen molar-refractivity contribution >= 4 is 47.5 Å². The average molecular weight is 426 g/mol. The fourth-order valence-electron chi connectivity index (χ4n) is 4.11. The highest BCUT2D eigenvalue weighted by Gasteiger charge is 2.48. The summed E-state index contributed by atoms with van der Waals surface area (Å²) in [5, 5.41) is 3.01. The molecule has 1 aliphatic heterocycles. The standard InChI is InChI=1S/C23H19BN4O2S/c1-23(19-9-16(12-31-19)15-7-17(24)11-26-10-15)20(21(29)28(2)22(25)27-23)14-4-3-13-5-6-30-18(13)8-14/h3-12,20H,1-2H3,(H2,25,27)/t20-,23-/m1/s1. The highest BCUT2D eigenvalue weighted by atomic mass is 32.1. The molecule has 0 saturated carbocycles. The lowest BCUT2D eigenvalue weighted by molar-refractivity contribution is -0.130. The summed E-state index contributed by atoms with van der Waals surface area (Å²) in [7, 11) is 7.55. The fraction of sp³-hybridized carbons (Fsp3) is 0.174. The monoisotopic (exact) mass is 426 g/mol. The van der Waals surface area contributed by atoms with Crippen LogP contribution >= 0.6 is 11.3 Å². The molecule has 1 aromatic carbocycles.